The molecule has 0 bridgehead atoms. The Morgan fingerprint density at radius 3 is 2.61 bits per heavy atom. The van der Waals surface area contributed by atoms with Crippen molar-refractivity contribution in [2.45, 2.75) is 56.7 Å². The van der Waals surface area contributed by atoms with Gasteiger partial charge in [-0.15, -0.1) is 0 Å². The molecule has 0 radical (unpaired) electrons. The van der Waals surface area contributed by atoms with E-state index in [-0.39, 0.29) is 11.3 Å². The van der Waals surface area contributed by atoms with Crippen LogP contribution in [-0.4, -0.2) is 36.5 Å². The number of piperidine rings is 1. The van der Waals surface area contributed by atoms with Gasteiger partial charge in [0.1, 0.15) is 0 Å². The number of rotatable bonds is 3. The summed E-state index contributed by atoms with van der Waals surface area (Å²) in [6, 6.07) is 0.416. The highest BCUT2D eigenvalue weighted by molar-refractivity contribution is 7.99. The van der Waals surface area contributed by atoms with E-state index in [2.05, 4.69) is 23.8 Å². The molecule has 1 aliphatic heterocycles. The Bertz CT molecular complexity index is 282. The summed E-state index contributed by atoms with van der Waals surface area (Å²) in [5, 5.41) is 7.44. The fraction of sp³-hybridized carbons (Fsp3) is 0.929. The highest BCUT2D eigenvalue weighted by Gasteiger charge is 2.36. The van der Waals surface area contributed by atoms with Gasteiger partial charge >= 0.3 is 0 Å². The number of thioether (sulfide) groups is 1. The van der Waals surface area contributed by atoms with Gasteiger partial charge in [0.2, 0.25) is 5.91 Å². The normalized spacial score (nSPS) is 37.2. The number of nitrogens with one attached hydrogen (secondary N) is 2. The van der Waals surface area contributed by atoms with Gasteiger partial charge in [-0.2, -0.15) is 11.8 Å². The zero-order chi connectivity index (χ0) is 13.0. The molecule has 1 heterocycles. The highest BCUT2D eigenvalue weighted by atomic mass is 32.2. The lowest BCUT2D eigenvalue weighted by atomic mass is 9.81. The molecule has 1 saturated heterocycles. The van der Waals surface area contributed by atoms with Gasteiger partial charge in [0.25, 0.3) is 0 Å². The van der Waals surface area contributed by atoms with Gasteiger partial charge in [-0.05, 0) is 58.2 Å². The molecule has 2 rings (SSSR count). The molecule has 4 heteroatoms. The zero-order valence-electron chi connectivity index (χ0n) is 11.6. The Balaban J connectivity index is 1.80. The van der Waals surface area contributed by atoms with Crippen LogP contribution in [0.1, 0.15) is 45.4 Å². The minimum absolute atomic E-state index is 0.186. The van der Waals surface area contributed by atoms with Crippen LogP contribution in [0.15, 0.2) is 0 Å². The second-order valence-corrected chi connectivity index (χ2v) is 7.16. The fourth-order valence-electron chi connectivity index (χ4n) is 3.05. The first-order valence-electron chi connectivity index (χ1n) is 7.18. The summed E-state index contributed by atoms with van der Waals surface area (Å²) < 4.78 is 0. The van der Waals surface area contributed by atoms with Crippen molar-refractivity contribution in [3.05, 3.63) is 0 Å². The van der Waals surface area contributed by atoms with Crippen molar-refractivity contribution in [3.63, 3.8) is 0 Å². The maximum atomic E-state index is 12.4. The summed E-state index contributed by atoms with van der Waals surface area (Å²) >= 11 is 1.97. The van der Waals surface area contributed by atoms with Crippen LogP contribution in [0.4, 0.5) is 0 Å². The smallest absolute Gasteiger partial charge is 0.227 e. The molecule has 3 nitrogen and oxygen atoms in total. The topological polar surface area (TPSA) is 41.1 Å². The van der Waals surface area contributed by atoms with Crippen molar-refractivity contribution >= 4 is 17.7 Å². The van der Waals surface area contributed by atoms with E-state index in [0.29, 0.717) is 6.04 Å². The van der Waals surface area contributed by atoms with E-state index in [1.807, 2.05) is 11.8 Å². The molecule has 2 N–H and O–H groups in total. The summed E-state index contributed by atoms with van der Waals surface area (Å²) in [5.41, 5.74) is -0.186. The minimum Gasteiger partial charge on any atom is -0.353 e. The average Bonchev–Trinajstić information content (AvgIpc) is 2.40. The molecule has 2 fully saturated rings. The lowest BCUT2D eigenvalue weighted by Gasteiger charge is -2.36. The minimum atomic E-state index is -0.186. The average molecular weight is 270 g/mol. The van der Waals surface area contributed by atoms with Crippen LogP contribution >= 0.6 is 11.8 Å². The number of hydrogen-bond donors (Lipinski definition) is 2. The number of carbonyl (C=O) groups is 1. The van der Waals surface area contributed by atoms with Crippen LogP contribution in [0.3, 0.4) is 0 Å². The second-order valence-electron chi connectivity index (χ2n) is 6.02. The van der Waals surface area contributed by atoms with Crippen LogP contribution < -0.4 is 10.6 Å². The van der Waals surface area contributed by atoms with Gasteiger partial charge in [0.05, 0.1) is 5.41 Å². The van der Waals surface area contributed by atoms with Gasteiger partial charge in [-0.1, -0.05) is 0 Å². The third-order valence-electron chi connectivity index (χ3n) is 4.49. The van der Waals surface area contributed by atoms with Crippen LogP contribution in [0.2, 0.25) is 0 Å². The molecule has 1 amide bonds. The molecule has 1 saturated carbocycles. The molecule has 0 spiro atoms. The Morgan fingerprint density at radius 2 is 2.06 bits per heavy atom. The maximum Gasteiger partial charge on any atom is 0.227 e. The van der Waals surface area contributed by atoms with Crippen LogP contribution in [-0.2, 0) is 4.79 Å². The first-order chi connectivity index (χ1) is 8.64. The van der Waals surface area contributed by atoms with Crippen molar-refractivity contribution in [3.8, 4) is 0 Å². The van der Waals surface area contributed by atoms with E-state index in [1.165, 1.54) is 12.8 Å². The predicted molar refractivity (Wildman–Crippen MR) is 77.9 cm³/mol. The van der Waals surface area contributed by atoms with Crippen molar-refractivity contribution in [1.82, 2.24) is 10.6 Å². The van der Waals surface area contributed by atoms with E-state index < -0.39 is 0 Å². The maximum absolute atomic E-state index is 12.4. The molecule has 104 valence electrons. The summed E-state index contributed by atoms with van der Waals surface area (Å²) in [5.74, 6) is 0.266. The summed E-state index contributed by atoms with van der Waals surface area (Å²) in [6.45, 7) is 3.99. The SMILES string of the molecule is CSC1CCC(NC(=O)C2(C)CCCNC2)CC1. The van der Waals surface area contributed by atoms with Crippen molar-refractivity contribution in [1.29, 1.82) is 0 Å². The van der Waals surface area contributed by atoms with E-state index in [1.54, 1.807) is 0 Å². The van der Waals surface area contributed by atoms with Gasteiger partial charge in [-0.25, -0.2) is 0 Å². The molecule has 1 atom stereocenters. The van der Waals surface area contributed by atoms with Crippen LogP contribution in [0.25, 0.3) is 0 Å². The van der Waals surface area contributed by atoms with Crippen LogP contribution in [0, 0.1) is 5.41 Å². The van der Waals surface area contributed by atoms with Crippen molar-refractivity contribution in [2.24, 2.45) is 5.41 Å². The molecule has 0 aromatic heterocycles. The quantitative estimate of drug-likeness (QED) is 0.826. The fourth-order valence-corrected chi connectivity index (χ4v) is 3.80. The largest absolute Gasteiger partial charge is 0.353 e. The lowest BCUT2D eigenvalue weighted by Crippen LogP contribution is -2.51. The van der Waals surface area contributed by atoms with Crippen LogP contribution in [0.5, 0.6) is 0 Å². The molecule has 2 aliphatic rings. The van der Waals surface area contributed by atoms with E-state index >= 15 is 0 Å². The second kappa shape index (κ2) is 6.29. The first-order valence-corrected chi connectivity index (χ1v) is 8.47. The molecular formula is C14H26N2OS. The molecular weight excluding hydrogens is 244 g/mol. The number of hydrogen-bond acceptors (Lipinski definition) is 3. The highest BCUT2D eigenvalue weighted by Crippen LogP contribution is 2.29. The lowest BCUT2D eigenvalue weighted by molar-refractivity contribution is -0.132. The number of carbonyl (C=O) groups excluding carboxylic acids is 1. The molecule has 0 aromatic carbocycles. The molecule has 18 heavy (non-hydrogen) atoms. The Hall–Kier alpha value is -0.220. The molecule has 0 aromatic rings. The molecule has 1 unspecified atom stereocenters. The molecule has 1 aliphatic carbocycles. The standard InChI is InChI=1S/C14H26N2OS/c1-14(8-3-9-15-10-14)13(17)16-11-4-6-12(18-2)7-5-11/h11-12,15H,3-10H2,1-2H3,(H,16,17). The summed E-state index contributed by atoms with van der Waals surface area (Å²) in [7, 11) is 0. The Labute approximate surface area is 115 Å². The van der Waals surface area contributed by atoms with Crippen molar-refractivity contribution in [2.75, 3.05) is 19.3 Å². The third-order valence-corrected chi connectivity index (χ3v) is 5.63. The summed E-state index contributed by atoms with van der Waals surface area (Å²) in [6.07, 6.45) is 9.14. The Morgan fingerprint density at radius 1 is 1.33 bits per heavy atom. The first kappa shape index (κ1) is 14.2. The van der Waals surface area contributed by atoms with E-state index in [9.17, 15) is 4.79 Å². The predicted octanol–water partition coefficient (Wildman–Crippen LogP) is 2.17. The monoisotopic (exact) mass is 270 g/mol. The summed E-state index contributed by atoms with van der Waals surface area (Å²) in [4.78, 5) is 12.4. The van der Waals surface area contributed by atoms with Crippen molar-refractivity contribution < 1.29 is 4.79 Å². The van der Waals surface area contributed by atoms with Gasteiger partial charge in [0, 0.05) is 17.8 Å². The van der Waals surface area contributed by atoms with E-state index in [4.69, 9.17) is 0 Å². The third kappa shape index (κ3) is 3.41. The van der Waals surface area contributed by atoms with Gasteiger partial charge < -0.3 is 10.6 Å². The van der Waals surface area contributed by atoms with Gasteiger partial charge in [-0.3, -0.25) is 4.79 Å². The van der Waals surface area contributed by atoms with Gasteiger partial charge in [0.15, 0.2) is 0 Å². The zero-order valence-corrected chi connectivity index (χ0v) is 12.4. The number of amides is 1. The van der Waals surface area contributed by atoms with E-state index in [0.717, 1.165) is 44.0 Å². The Kier molecular flexibility index (Phi) is 4.96.